The normalized spacial score (nSPS) is 16.0. The maximum atomic E-state index is 12.2. The number of para-hydroxylation sites is 1. The molecule has 1 aliphatic heterocycles. The van der Waals surface area contributed by atoms with Crippen molar-refractivity contribution in [2.45, 2.75) is 44.0 Å². The van der Waals surface area contributed by atoms with Crippen LogP contribution in [-0.2, 0) is 25.5 Å². The molecule has 1 aliphatic rings. The summed E-state index contributed by atoms with van der Waals surface area (Å²) in [5.41, 5.74) is 0.0372. The highest BCUT2D eigenvalue weighted by molar-refractivity contribution is 6.47. The summed E-state index contributed by atoms with van der Waals surface area (Å²) in [5, 5.41) is 12.3. The summed E-state index contributed by atoms with van der Waals surface area (Å²) < 4.78 is 86.8. The molecule has 1 atom stereocenters. The maximum absolute atomic E-state index is 12.2. The number of alkyl halides is 6. The monoisotopic (exact) mass is 471 g/mol. The van der Waals surface area contributed by atoms with E-state index >= 15 is 0 Å². The number of nitrogens with one attached hydrogen (secondary N) is 1. The van der Waals surface area contributed by atoms with E-state index in [-0.39, 0.29) is 17.7 Å². The van der Waals surface area contributed by atoms with Gasteiger partial charge >= 0.3 is 31.4 Å². The van der Waals surface area contributed by atoms with Crippen LogP contribution in [0.1, 0.15) is 35.2 Å². The predicted octanol–water partition coefficient (Wildman–Crippen LogP) is 2.08. The largest absolute Gasteiger partial charge is 0.547 e. The van der Waals surface area contributed by atoms with Crippen molar-refractivity contribution in [2.75, 3.05) is 6.79 Å². The van der Waals surface area contributed by atoms with Crippen molar-refractivity contribution in [3.05, 3.63) is 29.3 Å². The molecule has 176 valence electrons. The lowest BCUT2D eigenvalue weighted by Crippen LogP contribution is -2.53. The van der Waals surface area contributed by atoms with Gasteiger partial charge in [0.05, 0.1) is 12.4 Å². The van der Waals surface area contributed by atoms with E-state index in [1.807, 2.05) is 0 Å². The molecule has 1 aromatic rings. The van der Waals surface area contributed by atoms with E-state index in [9.17, 15) is 45.8 Å². The molecular formula is C17H16BF6NO7. The molecular weight excluding hydrogens is 455 g/mol. The Morgan fingerprint density at radius 1 is 1.12 bits per heavy atom. The molecule has 0 unspecified atom stereocenters. The Bertz CT molecular complexity index is 861. The van der Waals surface area contributed by atoms with Gasteiger partial charge in [0.2, 0.25) is 12.7 Å². The van der Waals surface area contributed by atoms with E-state index in [4.69, 9.17) is 4.65 Å². The van der Waals surface area contributed by atoms with Gasteiger partial charge < -0.3 is 24.5 Å². The third kappa shape index (κ3) is 7.94. The fourth-order valence-corrected chi connectivity index (χ4v) is 2.68. The Balaban J connectivity index is 1.97. The van der Waals surface area contributed by atoms with Crippen LogP contribution >= 0.6 is 0 Å². The number of ether oxygens (including phenoxy) is 2. The standard InChI is InChI=1S/C17H16BF6NO7/c19-16(20,21)5-4-12(26)25-11-6-9-2-1-3-10(14(9)32-18(11)29)15(28)31-8-30-13(27)7-17(22,23)24/h1-3,11,29H,4-8H2,(H,25,26)/t11-/m0/s1. The minimum atomic E-state index is -4.79. The number of carbonyl (C=O) groups is 3. The van der Waals surface area contributed by atoms with Crippen LogP contribution in [0.2, 0.25) is 0 Å². The summed E-state index contributed by atoms with van der Waals surface area (Å²) >= 11 is 0. The lowest BCUT2D eigenvalue weighted by atomic mass is 9.72. The second-order valence-electron chi connectivity index (χ2n) is 6.65. The van der Waals surface area contributed by atoms with Crippen LogP contribution in [0.3, 0.4) is 0 Å². The van der Waals surface area contributed by atoms with Gasteiger partial charge in [-0.05, 0) is 18.1 Å². The molecule has 0 bridgehead atoms. The fourth-order valence-electron chi connectivity index (χ4n) is 2.68. The molecule has 0 aromatic heterocycles. The van der Waals surface area contributed by atoms with Crippen molar-refractivity contribution in [1.29, 1.82) is 0 Å². The summed E-state index contributed by atoms with van der Waals surface area (Å²) in [7, 11) is -1.71. The average Bonchev–Trinajstić information content (AvgIpc) is 2.64. The van der Waals surface area contributed by atoms with E-state index in [0.717, 1.165) is 0 Å². The Hall–Kier alpha value is -2.97. The second-order valence-corrected chi connectivity index (χ2v) is 6.65. The average molecular weight is 471 g/mol. The molecule has 2 N–H and O–H groups in total. The van der Waals surface area contributed by atoms with Gasteiger partial charge in [-0.15, -0.1) is 0 Å². The number of hydrogen-bond acceptors (Lipinski definition) is 7. The molecule has 2 rings (SSSR count). The van der Waals surface area contributed by atoms with Gasteiger partial charge in [0.25, 0.3) is 0 Å². The van der Waals surface area contributed by atoms with Crippen molar-refractivity contribution in [3.63, 3.8) is 0 Å². The van der Waals surface area contributed by atoms with Crippen LogP contribution in [0, 0.1) is 0 Å². The van der Waals surface area contributed by atoms with Gasteiger partial charge in [-0.1, -0.05) is 12.1 Å². The van der Waals surface area contributed by atoms with Crippen LogP contribution in [0.15, 0.2) is 18.2 Å². The zero-order valence-corrected chi connectivity index (χ0v) is 16.1. The predicted molar refractivity (Wildman–Crippen MR) is 93.0 cm³/mol. The SMILES string of the molecule is O=C(CCC(F)(F)F)N[C@H]1Cc2cccc(C(=O)OCOC(=O)CC(F)(F)F)c2OB1O. The zero-order chi connectivity index (χ0) is 24.1. The van der Waals surface area contributed by atoms with E-state index in [0.29, 0.717) is 5.56 Å². The van der Waals surface area contributed by atoms with Crippen LogP contribution in [0.4, 0.5) is 26.3 Å². The maximum Gasteiger partial charge on any atom is 0.547 e. The van der Waals surface area contributed by atoms with E-state index in [2.05, 4.69) is 14.8 Å². The first-order valence-electron chi connectivity index (χ1n) is 8.97. The lowest BCUT2D eigenvalue weighted by Gasteiger charge is -2.29. The fraction of sp³-hybridized carbons (Fsp3) is 0.471. The molecule has 0 aliphatic carbocycles. The highest BCUT2D eigenvalue weighted by Crippen LogP contribution is 2.31. The number of rotatable bonds is 7. The van der Waals surface area contributed by atoms with Crippen molar-refractivity contribution in [2.24, 2.45) is 0 Å². The Labute approximate surface area is 176 Å². The highest BCUT2D eigenvalue weighted by atomic mass is 19.4. The topological polar surface area (TPSA) is 111 Å². The number of benzene rings is 1. The molecule has 0 radical (unpaired) electrons. The van der Waals surface area contributed by atoms with Crippen LogP contribution in [-0.4, -0.2) is 55.1 Å². The van der Waals surface area contributed by atoms with Gasteiger partial charge in [-0.2, -0.15) is 26.3 Å². The molecule has 0 fully saturated rings. The molecule has 0 saturated carbocycles. The van der Waals surface area contributed by atoms with E-state index in [1.165, 1.54) is 18.2 Å². The Morgan fingerprint density at radius 3 is 2.44 bits per heavy atom. The first kappa shape index (κ1) is 25.3. The molecule has 1 aromatic carbocycles. The molecule has 1 amide bonds. The summed E-state index contributed by atoms with van der Waals surface area (Å²) in [6.07, 6.45) is -13.5. The number of halogens is 6. The Morgan fingerprint density at radius 2 is 1.81 bits per heavy atom. The summed E-state index contributed by atoms with van der Waals surface area (Å²) in [4.78, 5) is 34.8. The first-order chi connectivity index (χ1) is 14.7. The van der Waals surface area contributed by atoms with Crippen LogP contribution in [0.5, 0.6) is 5.75 Å². The third-order valence-corrected chi connectivity index (χ3v) is 4.08. The van der Waals surface area contributed by atoms with Crippen molar-refractivity contribution < 1.29 is 59.9 Å². The molecule has 0 saturated heterocycles. The molecule has 32 heavy (non-hydrogen) atoms. The van der Waals surface area contributed by atoms with E-state index < -0.39 is 69.3 Å². The van der Waals surface area contributed by atoms with Gasteiger partial charge in [-0.25, -0.2) is 4.79 Å². The smallest absolute Gasteiger partial charge is 0.534 e. The van der Waals surface area contributed by atoms with E-state index in [1.54, 1.807) is 0 Å². The van der Waals surface area contributed by atoms with Crippen molar-refractivity contribution in [1.82, 2.24) is 5.32 Å². The molecule has 1 heterocycles. The Kier molecular flexibility index (Phi) is 7.99. The number of amides is 1. The van der Waals surface area contributed by atoms with Gasteiger partial charge in [-0.3, -0.25) is 9.59 Å². The summed E-state index contributed by atoms with van der Waals surface area (Å²) in [6, 6.07) is 4.03. The summed E-state index contributed by atoms with van der Waals surface area (Å²) in [6.45, 7) is -1.10. The number of fused-ring (bicyclic) bond motifs is 1. The number of esters is 2. The third-order valence-electron chi connectivity index (χ3n) is 4.08. The highest BCUT2D eigenvalue weighted by Gasteiger charge is 2.38. The first-order valence-corrected chi connectivity index (χ1v) is 8.97. The zero-order valence-electron chi connectivity index (χ0n) is 16.1. The van der Waals surface area contributed by atoms with Gasteiger partial charge in [0, 0.05) is 6.42 Å². The van der Waals surface area contributed by atoms with Gasteiger partial charge in [0.1, 0.15) is 17.7 Å². The van der Waals surface area contributed by atoms with Crippen LogP contribution < -0.4 is 9.97 Å². The molecule has 8 nitrogen and oxygen atoms in total. The second kappa shape index (κ2) is 10.1. The summed E-state index contributed by atoms with van der Waals surface area (Å²) in [5.74, 6) is -5.02. The quantitative estimate of drug-likeness (QED) is 0.271. The molecule has 15 heteroatoms. The minimum Gasteiger partial charge on any atom is -0.534 e. The van der Waals surface area contributed by atoms with Crippen molar-refractivity contribution in [3.8, 4) is 5.75 Å². The lowest BCUT2D eigenvalue weighted by molar-refractivity contribution is -0.177. The van der Waals surface area contributed by atoms with Crippen LogP contribution in [0.25, 0.3) is 0 Å². The van der Waals surface area contributed by atoms with Gasteiger partial charge in [0.15, 0.2) is 0 Å². The number of carbonyl (C=O) groups excluding carboxylic acids is 3. The van der Waals surface area contributed by atoms with Crippen molar-refractivity contribution >= 4 is 25.0 Å². The number of hydrogen-bond donors (Lipinski definition) is 2. The minimum absolute atomic E-state index is 0.101. The molecule has 0 spiro atoms.